The fourth-order valence-corrected chi connectivity index (χ4v) is 1.20. The van der Waals surface area contributed by atoms with Crippen molar-refractivity contribution in [1.29, 1.82) is 5.26 Å². The molecule has 76 valence electrons. The van der Waals surface area contributed by atoms with E-state index in [1.54, 1.807) is 6.20 Å². The number of nitriles is 1. The number of nitrogens with zero attached hydrogens (tertiary/aromatic N) is 2. The van der Waals surface area contributed by atoms with Crippen molar-refractivity contribution in [2.45, 2.75) is 40.5 Å². The third-order valence-electron chi connectivity index (χ3n) is 1.88. The van der Waals surface area contributed by atoms with E-state index in [2.05, 4.69) is 24.9 Å². The van der Waals surface area contributed by atoms with E-state index < -0.39 is 0 Å². The zero-order valence-corrected chi connectivity index (χ0v) is 9.63. The molecule has 1 aromatic heterocycles. The molecule has 0 aliphatic heterocycles. The van der Waals surface area contributed by atoms with Gasteiger partial charge in [0, 0.05) is 11.9 Å². The molecular weight excluding hydrogens is 172 g/mol. The largest absolute Gasteiger partial charge is 0.260 e. The molecule has 0 unspecified atom stereocenters. The third-order valence-corrected chi connectivity index (χ3v) is 1.88. The van der Waals surface area contributed by atoms with E-state index in [1.165, 1.54) is 0 Å². The second-order valence-electron chi connectivity index (χ2n) is 3.17. The molecule has 1 aromatic rings. The molecule has 2 heteroatoms. The molecular formula is C12H18N2. The van der Waals surface area contributed by atoms with E-state index in [1.807, 2.05) is 26.8 Å². The molecule has 0 N–H and O–H groups in total. The molecule has 0 aliphatic rings. The maximum absolute atomic E-state index is 8.64. The summed E-state index contributed by atoms with van der Waals surface area (Å²) in [7, 11) is 0. The first-order chi connectivity index (χ1) is 6.65. The molecule has 0 aliphatic carbocycles. The Balaban J connectivity index is 0.000000791. The average molecular weight is 190 g/mol. The standard InChI is InChI=1S/C10H12N2.C2H6/c1-7(2)10-4-9(5-11)6-12-8(10)3;1-2/h4,6-7H,1-3H3;1-2H3. The number of rotatable bonds is 1. The van der Waals surface area contributed by atoms with Gasteiger partial charge in [0.05, 0.1) is 5.56 Å². The smallest absolute Gasteiger partial charge is 0.101 e. The van der Waals surface area contributed by atoms with E-state index in [9.17, 15) is 0 Å². The van der Waals surface area contributed by atoms with E-state index in [4.69, 9.17) is 5.26 Å². The summed E-state index contributed by atoms with van der Waals surface area (Å²) in [4.78, 5) is 4.15. The van der Waals surface area contributed by atoms with Crippen LogP contribution in [-0.4, -0.2) is 4.98 Å². The molecule has 0 fully saturated rings. The minimum atomic E-state index is 0.436. The van der Waals surface area contributed by atoms with Gasteiger partial charge in [-0.25, -0.2) is 0 Å². The van der Waals surface area contributed by atoms with Gasteiger partial charge in [-0.1, -0.05) is 27.7 Å². The quantitative estimate of drug-likeness (QED) is 0.680. The molecule has 1 rings (SSSR count). The summed E-state index contributed by atoms with van der Waals surface area (Å²) >= 11 is 0. The fraction of sp³-hybridized carbons (Fsp3) is 0.500. The number of hydrogen-bond acceptors (Lipinski definition) is 2. The summed E-state index contributed by atoms with van der Waals surface area (Å²) < 4.78 is 0. The molecule has 2 nitrogen and oxygen atoms in total. The lowest BCUT2D eigenvalue weighted by molar-refractivity contribution is 0.842. The zero-order valence-electron chi connectivity index (χ0n) is 9.63. The van der Waals surface area contributed by atoms with Crippen LogP contribution in [0.4, 0.5) is 0 Å². The number of aromatic nitrogens is 1. The van der Waals surface area contributed by atoms with Gasteiger partial charge in [0.2, 0.25) is 0 Å². The first-order valence-corrected chi connectivity index (χ1v) is 5.01. The van der Waals surface area contributed by atoms with Crippen LogP contribution in [0.1, 0.15) is 50.4 Å². The molecule has 0 amide bonds. The van der Waals surface area contributed by atoms with Crippen LogP contribution in [-0.2, 0) is 0 Å². The summed E-state index contributed by atoms with van der Waals surface area (Å²) in [6, 6.07) is 4.00. The lowest BCUT2D eigenvalue weighted by Gasteiger charge is -2.07. The predicted octanol–water partition coefficient (Wildman–Crippen LogP) is 3.41. The van der Waals surface area contributed by atoms with Gasteiger partial charge in [-0.05, 0) is 24.5 Å². The molecule has 0 saturated heterocycles. The van der Waals surface area contributed by atoms with Crippen LogP contribution in [0, 0.1) is 18.3 Å². The second kappa shape index (κ2) is 6.15. The van der Waals surface area contributed by atoms with E-state index in [0.717, 1.165) is 11.3 Å². The van der Waals surface area contributed by atoms with Gasteiger partial charge in [-0.3, -0.25) is 4.98 Å². The average Bonchev–Trinajstić information content (AvgIpc) is 2.21. The number of pyridine rings is 1. The van der Waals surface area contributed by atoms with Crippen LogP contribution in [0.2, 0.25) is 0 Å². The molecule has 0 saturated carbocycles. The normalized spacial score (nSPS) is 8.93. The van der Waals surface area contributed by atoms with Crippen LogP contribution >= 0.6 is 0 Å². The Morgan fingerprint density at radius 3 is 2.36 bits per heavy atom. The number of aryl methyl sites for hydroxylation is 1. The van der Waals surface area contributed by atoms with Crippen molar-refractivity contribution in [3.63, 3.8) is 0 Å². The SMILES string of the molecule is CC.Cc1ncc(C#N)cc1C(C)C. The highest BCUT2D eigenvalue weighted by Crippen LogP contribution is 2.17. The summed E-state index contributed by atoms with van der Waals surface area (Å²) in [5.74, 6) is 0.436. The highest BCUT2D eigenvalue weighted by atomic mass is 14.7. The zero-order chi connectivity index (χ0) is 11.1. The van der Waals surface area contributed by atoms with Gasteiger partial charge in [-0.2, -0.15) is 5.26 Å². The highest BCUT2D eigenvalue weighted by Gasteiger charge is 2.04. The highest BCUT2D eigenvalue weighted by molar-refractivity contribution is 5.34. The van der Waals surface area contributed by atoms with Crippen LogP contribution in [0.5, 0.6) is 0 Å². The number of hydrogen-bond donors (Lipinski definition) is 0. The van der Waals surface area contributed by atoms with E-state index in [0.29, 0.717) is 11.5 Å². The van der Waals surface area contributed by atoms with Crippen molar-refractivity contribution < 1.29 is 0 Å². The Kier molecular flexibility index (Phi) is 5.55. The summed E-state index contributed by atoms with van der Waals surface area (Å²) in [6.07, 6.45) is 1.61. The van der Waals surface area contributed by atoms with E-state index >= 15 is 0 Å². The van der Waals surface area contributed by atoms with Crippen molar-refractivity contribution in [3.8, 4) is 6.07 Å². The van der Waals surface area contributed by atoms with Crippen LogP contribution in [0.25, 0.3) is 0 Å². The maximum Gasteiger partial charge on any atom is 0.101 e. The Morgan fingerprint density at radius 1 is 1.36 bits per heavy atom. The first-order valence-electron chi connectivity index (χ1n) is 5.01. The van der Waals surface area contributed by atoms with Crippen molar-refractivity contribution in [3.05, 3.63) is 29.1 Å². The van der Waals surface area contributed by atoms with Crippen molar-refractivity contribution >= 4 is 0 Å². The molecule has 1 heterocycles. The summed E-state index contributed by atoms with van der Waals surface area (Å²) in [6.45, 7) is 10.2. The maximum atomic E-state index is 8.64. The lowest BCUT2D eigenvalue weighted by atomic mass is 10.0. The van der Waals surface area contributed by atoms with Crippen LogP contribution in [0.15, 0.2) is 12.3 Å². The topological polar surface area (TPSA) is 36.7 Å². The van der Waals surface area contributed by atoms with Gasteiger partial charge in [0.25, 0.3) is 0 Å². The summed E-state index contributed by atoms with van der Waals surface area (Å²) in [5.41, 5.74) is 2.82. The molecule has 0 bridgehead atoms. The fourth-order valence-electron chi connectivity index (χ4n) is 1.20. The van der Waals surface area contributed by atoms with Crippen molar-refractivity contribution in [1.82, 2.24) is 4.98 Å². The Bertz CT molecular complexity index is 322. The molecule has 14 heavy (non-hydrogen) atoms. The Hall–Kier alpha value is -1.36. The van der Waals surface area contributed by atoms with Gasteiger partial charge in [0.15, 0.2) is 0 Å². The van der Waals surface area contributed by atoms with Crippen LogP contribution in [0.3, 0.4) is 0 Å². The monoisotopic (exact) mass is 190 g/mol. The van der Waals surface area contributed by atoms with Crippen LogP contribution < -0.4 is 0 Å². The third kappa shape index (κ3) is 3.18. The molecule has 0 atom stereocenters. The Labute approximate surface area is 86.6 Å². The van der Waals surface area contributed by atoms with Gasteiger partial charge in [0.1, 0.15) is 6.07 Å². The lowest BCUT2D eigenvalue weighted by Crippen LogP contribution is -1.95. The summed E-state index contributed by atoms with van der Waals surface area (Å²) in [5, 5.41) is 8.64. The predicted molar refractivity (Wildman–Crippen MR) is 59.1 cm³/mol. The van der Waals surface area contributed by atoms with Crippen molar-refractivity contribution in [2.75, 3.05) is 0 Å². The first kappa shape index (κ1) is 12.6. The minimum Gasteiger partial charge on any atom is -0.260 e. The van der Waals surface area contributed by atoms with Crippen molar-refractivity contribution in [2.24, 2.45) is 0 Å². The minimum absolute atomic E-state index is 0.436. The molecule has 0 spiro atoms. The van der Waals surface area contributed by atoms with Gasteiger partial charge >= 0.3 is 0 Å². The van der Waals surface area contributed by atoms with E-state index in [-0.39, 0.29) is 0 Å². The van der Waals surface area contributed by atoms with Gasteiger partial charge in [-0.15, -0.1) is 0 Å². The second-order valence-corrected chi connectivity index (χ2v) is 3.17. The molecule has 0 radical (unpaired) electrons. The van der Waals surface area contributed by atoms with Gasteiger partial charge < -0.3 is 0 Å². The molecule has 0 aromatic carbocycles. The Morgan fingerprint density at radius 2 is 1.93 bits per heavy atom.